The molecule has 4 heteroatoms. The Kier molecular flexibility index (Phi) is 5.12. The van der Waals surface area contributed by atoms with Crippen LogP contribution < -0.4 is 5.32 Å². The molecule has 0 bridgehead atoms. The highest BCUT2D eigenvalue weighted by atomic mass is 16.6. The Morgan fingerprint density at radius 2 is 1.91 bits per heavy atom. The molecule has 1 N–H and O–H groups in total. The zero-order chi connectivity index (χ0) is 17.1. The van der Waals surface area contributed by atoms with E-state index in [0.29, 0.717) is 12.0 Å². The Morgan fingerprint density at radius 1 is 1.26 bits per heavy atom. The minimum atomic E-state index is -0.852. The topological polar surface area (TPSA) is 55.4 Å². The molecule has 126 valence electrons. The van der Waals surface area contributed by atoms with Crippen molar-refractivity contribution in [1.29, 1.82) is 0 Å². The normalized spacial score (nSPS) is 23.2. The number of carbonyl (C=O) groups excluding carboxylic acids is 2. The second kappa shape index (κ2) is 6.73. The molecule has 0 aromatic heterocycles. The second-order valence-corrected chi connectivity index (χ2v) is 7.34. The van der Waals surface area contributed by atoms with Crippen LogP contribution in [0.1, 0.15) is 63.7 Å². The molecule has 0 spiro atoms. The first-order chi connectivity index (χ1) is 10.8. The number of benzene rings is 1. The molecular formula is C19H27NO3. The van der Waals surface area contributed by atoms with Crippen molar-refractivity contribution < 1.29 is 14.3 Å². The number of hydrogen-bond donors (Lipinski definition) is 1. The van der Waals surface area contributed by atoms with Crippen LogP contribution in [0.3, 0.4) is 0 Å². The zero-order valence-electron chi connectivity index (χ0n) is 14.5. The van der Waals surface area contributed by atoms with Crippen LogP contribution in [0.15, 0.2) is 30.3 Å². The van der Waals surface area contributed by atoms with Crippen molar-refractivity contribution in [2.45, 2.75) is 64.5 Å². The van der Waals surface area contributed by atoms with Crippen LogP contribution >= 0.6 is 0 Å². The number of ether oxygens (including phenoxy) is 1. The SMILES string of the molecule is CCCCC1CC1(NC(=O)c1ccccc1)C(=O)OC(C)(C)C. The van der Waals surface area contributed by atoms with Gasteiger partial charge in [0.1, 0.15) is 11.1 Å². The summed E-state index contributed by atoms with van der Waals surface area (Å²) in [5, 5.41) is 2.95. The predicted octanol–water partition coefficient (Wildman–Crippen LogP) is 3.71. The molecule has 1 amide bonds. The average molecular weight is 317 g/mol. The molecule has 4 nitrogen and oxygen atoms in total. The lowest BCUT2D eigenvalue weighted by Crippen LogP contribution is -2.48. The summed E-state index contributed by atoms with van der Waals surface area (Å²) in [6.07, 6.45) is 3.73. The maximum Gasteiger partial charge on any atom is 0.332 e. The number of hydrogen-bond acceptors (Lipinski definition) is 3. The second-order valence-electron chi connectivity index (χ2n) is 7.34. The van der Waals surface area contributed by atoms with Crippen molar-refractivity contribution in [3.8, 4) is 0 Å². The summed E-state index contributed by atoms with van der Waals surface area (Å²) in [7, 11) is 0. The van der Waals surface area contributed by atoms with Crippen LogP contribution in [0, 0.1) is 5.92 Å². The van der Waals surface area contributed by atoms with E-state index in [1.807, 2.05) is 39.0 Å². The minimum absolute atomic E-state index is 0.171. The maximum atomic E-state index is 12.6. The molecule has 0 saturated heterocycles. The fourth-order valence-electron chi connectivity index (χ4n) is 2.82. The number of amides is 1. The van der Waals surface area contributed by atoms with Crippen molar-refractivity contribution in [2.24, 2.45) is 5.92 Å². The molecule has 2 unspecified atom stereocenters. The Labute approximate surface area is 138 Å². The summed E-state index contributed by atoms with van der Waals surface area (Å²) in [5.41, 5.74) is -0.842. The molecule has 2 rings (SSSR count). The van der Waals surface area contributed by atoms with Gasteiger partial charge in [0.2, 0.25) is 0 Å². The highest BCUT2D eigenvalue weighted by Crippen LogP contribution is 2.48. The van der Waals surface area contributed by atoms with Crippen molar-refractivity contribution in [3.63, 3.8) is 0 Å². The van der Waals surface area contributed by atoms with E-state index in [2.05, 4.69) is 12.2 Å². The van der Waals surface area contributed by atoms with Gasteiger partial charge in [0.05, 0.1) is 0 Å². The number of rotatable bonds is 6. The molecule has 0 heterocycles. The van der Waals surface area contributed by atoms with Crippen molar-refractivity contribution >= 4 is 11.9 Å². The van der Waals surface area contributed by atoms with Crippen molar-refractivity contribution in [2.75, 3.05) is 0 Å². The Balaban J connectivity index is 2.12. The van der Waals surface area contributed by atoms with Gasteiger partial charge in [-0.05, 0) is 51.7 Å². The van der Waals surface area contributed by atoms with Gasteiger partial charge in [-0.1, -0.05) is 38.0 Å². The average Bonchev–Trinajstić information content (AvgIpc) is 3.18. The van der Waals surface area contributed by atoms with Crippen LogP contribution in [0.5, 0.6) is 0 Å². The third-order valence-electron chi connectivity index (χ3n) is 4.15. The van der Waals surface area contributed by atoms with Gasteiger partial charge < -0.3 is 10.1 Å². The van der Waals surface area contributed by atoms with E-state index in [9.17, 15) is 9.59 Å². The molecule has 1 saturated carbocycles. The molecule has 1 aromatic carbocycles. The zero-order valence-corrected chi connectivity index (χ0v) is 14.5. The predicted molar refractivity (Wildman–Crippen MR) is 90.1 cm³/mol. The van der Waals surface area contributed by atoms with E-state index >= 15 is 0 Å². The fraction of sp³-hybridized carbons (Fsp3) is 0.579. The van der Waals surface area contributed by atoms with Gasteiger partial charge in [0, 0.05) is 5.56 Å². The fourth-order valence-corrected chi connectivity index (χ4v) is 2.82. The van der Waals surface area contributed by atoms with Crippen molar-refractivity contribution in [3.05, 3.63) is 35.9 Å². The third-order valence-corrected chi connectivity index (χ3v) is 4.15. The summed E-state index contributed by atoms with van der Waals surface area (Å²) < 4.78 is 5.56. The molecule has 1 aromatic rings. The molecule has 1 fully saturated rings. The van der Waals surface area contributed by atoms with E-state index in [-0.39, 0.29) is 17.8 Å². The minimum Gasteiger partial charge on any atom is -0.458 e. The summed E-state index contributed by atoms with van der Waals surface area (Å²) >= 11 is 0. The van der Waals surface area contributed by atoms with E-state index in [0.717, 1.165) is 19.3 Å². The molecule has 0 aliphatic heterocycles. The van der Waals surface area contributed by atoms with Gasteiger partial charge in [0.25, 0.3) is 5.91 Å². The standard InChI is InChI=1S/C19H27NO3/c1-5-6-12-15-13-19(15,17(22)23-18(2,3)4)20-16(21)14-10-8-7-9-11-14/h7-11,15H,5-6,12-13H2,1-4H3,(H,20,21). The largest absolute Gasteiger partial charge is 0.458 e. The molecule has 1 aliphatic carbocycles. The summed E-state index contributed by atoms with van der Waals surface area (Å²) in [4.78, 5) is 25.1. The first kappa shape index (κ1) is 17.5. The summed E-state index contributed by atoms with van der Waals surface area (Å²) in [6, 6.07) is 9.00. The number of carbonyl (C=O) groups is 2. The molecular weight excluding hydrogens is 290 g/mol. The lowest BCUT2D eigenvalue weighted by atomic mass is 10.1. The van der Waals surface area contributed by atoms with Crippen LogP contribution in [-0.2, 0) is 9.53 Å². The van der Waals surface area contributed by atoms with Crippen LogP contribution in [0.4, 0.5) is 0 Å². The highest BCUT2D eigenvalue weighted by Gasteiger charge is 2.62. The molecule has 2 atom stereocenters. The van der Waals surface area contributed by atoms with Gasteiger partial charge in [-0.2, -0.15) is 0 Å². The number of unbranched alkanes of at least 4 members (excludes halogenated alkanes) is 1. The lowest BCUT2D eigenvalue weighted by molar-refractivity contribution is -0.159. The van der Waals surface area contributed by atoms with Gasteiger partial charge in [-0.3, -0.25) is 4.79 Å². The number of nitrogens with one attached hydrogen (secondary N) is 1. The van der Waals surface area contributed by atoms with E-state index in [1.54, 1.807) is 12.1 Å². The highest BCUT2D eigenvalue weighted by molar-refractivity contribution is 5.99. The Bertz CT molecular complexity index is 562. The van der Waals surface area contributed by atoms with E-state index in [4.69, 9.17) is 4.74 Å². The molecule has 1 aliphatic rings. The van der Waals surface area contributed by atoms with E-state index < -0.39 is 11.1 Å². The maximum absolute atomic E-state index is 12.6. The lowest BCUT2D eigenvalue weighted by Gasteiger charge is -2.25. The first-order valence-corrected chi connectivity index (χ1v) is 8.39. The summed E-state index contributed by atoms with van der Waals surface area (Å²) in [6.45, 7) is 7.67. The Morgan fingerprint density at radius 3 is 2.48 bits per heavy atom. The van der Waals surface area contributed by atoms with Gasteiger partial charge >= 0.3 is 5.97 Å². The monoisotopic (exact) mass is 317 g/mol. The molecule has 23 heavy (non-hydrogen) atoms. The first-order valence-electron chi connectivity index (χ1n) is 8.39. The van der Waals surface area contributed by atoms with Crippen molar-refractivity contribution in [1.82, 2.24) is 5.32 Å². The summed E-state index contributed by atoms with van der Waals surface area (Å²) in [5.74, 6) is -0.351. The van der Waals surface area contributed by atoms with Gasteiger partial charge in [0.15, 0.2) is 0 Å². The van der Waals surface area contributed by atoms with Gasteiger partial charge in [-0.15, -0.1) is 0 Å². The van der Waals surface area contributed by atoms with Crippen LogP contribution in [0.25, 0.3) is 0 Å². The van der Waals surface area contributed by atoms with E-state index in [1.165, 1.54) is 0 Å². The third kappa shape index (κ3) is 4.34. The van der Waals surface area contributed by atoms with Gasteiger partial charge in [-0.25, -0.2) is 4.79 Å². The Hall–Kier alpha value is -1.84. The quantitative estimate of drug-likeness (QED) is 0.814. The number of esters is 1. The smallest absolute Gasteiger partial charge is 0.332 e. The molecule has 0 radical (unpaired) electrons. The van der Waals surface area contributed by atoms with Crippen LogP contribution in [0.2, 0.25) is 0 Å². The van der Waals surface area contributed by atoms with Crippen LogP contribution in [-0.4, -0.2) is 23.0 Å².